The number of carbonyl (C=O) groups excluding carboxylic acids is 1. The predicted molar refractivity (Wildman–Crippen MR) is 110 cm³/mol. The Morgan fingerprint density at radius 3 is 2.42 bits per heavy atom. The first-order valence-electron chi connectivity index (χ1n) is 9.62. The van der Waals surface area contributed by atoms with Crippen LogP contribution in [0, 0.1) is 13.8 Å². The van der Waals surface area contributed by atoms with Gasteiger partial charge in [0.25, 0.3) is 0 Å². The van der Waals surface area contributed by atoms with Crippen LogP contribution in [0.5, 0.6) is 5.75 Å². The third-order valence-corrected chi connectivity index (χ3v) is 6.35. The first kappa shape index (κ1) is 23.1. The molecule has 0 radical (unpaired) electrons. The molecule has 0 fully saturated rings. The van der Waals surface area contributed by atoms with Gasteiger partial charge in [0.05, 0.1) is 4.90 Å². The number of amides is 1. The van der Waals surface area contributed by atoms with Crippen LogP contribution < -0.4 is 14.4 Å². The van der Waals surface area contributed by atoms with Crippen molar-refractivity contribution in [3.05, 3.63) is 53.1 Å². The molecule has 0 spiro atoms. The molecule has 1 aliphatic rings. The highest BCUT2D eigenvalue weighted by Crippen LogP contribution is 2.36. The van der Waals surface area contributed by atoms with Crippen LogP contribution in [0.2, 0.25) is 0 Å². The number of rotatable bonds is 6. The van der Waals surface area contributed by atoms with Gasteiger partial charge < -0.3 is 9.64 Å². The van der Waals surface area contributed by atoms with Gasteiger partial charge in [-0.15, -0.1) is 0 Å². The summed E-state index contributed by atoms with van der Waals surface area (Å²) in [5, 5.41) is 0. The van der Waals surface area contributed by atoms with Crippen LogP contribution in [0.1, 0.15) is 23.6 Å². The Bertz CT molecular complexity index is 1080. The number of halogens is 3. The first-order chi connectivity index (χ1) is 14.4. The van der Waals surface area contributed by atoms with E-state index < -0.39 is 28.1 Å². The number of nitrogens with one attached hydrogen (secondary N) is 1. The van der Waals surface area contributed by atoms with Crippen molar-refractivity contribution in [2.24, 2.45) is 0 Å². The van der Waals surface area contributed by atoms with Crippen molar-refractivity contribution in [1.29, 1.82) is 0 Å². The first-order valence-corrected chi connectivity index (χ1v) is 11.1. The Hall–Kier alpha value is -2.59. The number of aryl methyl sites for hydroxylation is 2. The van der Waals surface area contributed by atoms with Gasteiger partial charge in [-0.3, -0.25) is 4.79 Å². The van der Waals surface area contributed by atoms with Crippen LogP contribution in [0.3, 0.4) is 0 Å². The molecular weight excluding hydrogens is 433 g/mol. The van der Waals surface area contributed by atoms with Gasteiger partial charge in [-0.05, 0) is 74.2 Å². The Kier molecular flexibility index (Phi) is 6.33. The van der Waals surface area contributed by atoms with Crippen molar-refractivity contribution in [1.82, 2.24) is 4.72 Å². The molecule has 0 saturated carbocycles. The van der Waals surface area contributed by atoms with E-state index in [-0.39, 0.29) is 30.2 Å². The Morgan fingerprint density at radius 2 is 1.81 bits per heavy atom. The molecule has 0 aromatic heterocycles. The van der Waals surface area contributed by atoms with Crippen molar-refractivity contribution in [2.45, 2.75) is 44.3 Å². The third kappa shape index (κ3) is 5.19. The van der Waals surface area contributed by atoms with Crippen molar-refractivity contribution < 1.29 is 31.1 Å². The monoisotopic (exact) mass is 456 g/mol. The van der Waals surface area contributed by atoms with Crippen LogP contribution in [0.4, 0.5) is 18.9 Å². The summed E-state index contributed by atoms with van der Waals surface area (Å²) < 4.78 is 71.8. The molecule has 1 unspecified atom stereocenters. The van der Waals surface area contributed by atoms with Gasteiger partial charge >= 0.3 is 12.1 Å². The smallest absolute Gasteiger partial charge is 0.471 e. The number of carbonyl (C=O) groups is 1. The topological polar surface area (TPSA) is 75.7 Å². The highest BCUT2D eigenvalue weighted by molar-refractivity contribution is 7.89. The molecule has 2 aromatic rings. The number of fused-ring (bicyclic) bond motifs is 1. The molecule has 1 aliphatic heterocycles. The maximum absolute atomic E-state index is 12.9. The molecule has 1 amide bonds. The number of hydrogen-bond acceptors (Lipinski definition) is 4. The predicted octanol–water partition coefficient (Wildman–Crippen LogP) is 3.50. The summed E-state index contributed by atoms with van der Waals surface area (Å²) in [6, 6.07) is 8.70. The highest BCUT2D eigenvalue weighted by Gasteiger charge is 2.47. The summed E-state index contributed by atoms with van der Waals surface area (Å²) in [4.78, 5) is 12.3. The van der Waals surface area contributed by atoms with E-state index in [2.05, 4.69) is 4.72 Å². The quantitative estimate of drug-likeness (QED) is 0.676. The lowest BCUT2D eigenvalue weighted by atomic mass is 10.1. The molecule has 3 rings (SSSR count). The summed E-state index contributed by atoms with van der Waals surface area (Å²) in [7, 11) is -3.89. The maximum Gasteiger partial charge on any atom is 0.471 e. The average molecular weight is 456 g/mol. The van der Waals surface area contributed by atoms with E-state index >= 15 is 0 Å². The SMILES string of the molecule is Cc1cc(C)cc(OCCNS(=O)(=O)c2ccc3c(c2)CC(C)N3C(=O)C(F)(F)F)c1. The molecule has 2 aromatic carbocycles. The van der Waals surface area contributed by atoms with E-state index in [1.807, 2.05) is 32.0 Å². The average Bonchev–Trinajstić information content (AvgIpc) is 2.98. The summed E-state index contributed by atoms with van der Waals surface area (Å²) in [6.45, 7) is 5.47. The standard InChI is InChI=1S/C21H23F3N2O4S/c1-13-8-14(2)10-17(9-13)30-7-6-25-31(28,29)18-4-5-19-16(12-18)11-15(3)26(19)20(27)21(22,23)24/h4-5,8-10,12,15,25H,6-7,11H2,1-3H3. The number of nitrogens with zero attached hydrogens (tertiary/aromatic N) is 1. The van der Waals surface area contributed by atoms with E-state index in [1.165, 1.54) is 25.1 Å². The minimum Gasteiger partial charge on any atom is -0.492 e. The molecule has 10 heteroatoms. The second kappa shape index (κ2) is 8.51. The molecular formula is C21H23F3N2O4S. The summed E-state index contributed by atoms with van der Waals surface area (Å²) >= 11 is 0. The molecule has 0 aliphatic carbocycles. The van der Waals surface area contributed by atoms with Crippen molar-refractivity contribution in [3.8, 4) is 5.75 Å². The normalized spacial score (nSPS) is 16.3. The molecule has 0 saturated heterocycles. The fraction of sp³-hybridized carbons (Fsp3) is 0.381. The molecule has 31 heavy (non-hydrogen) atoms. The van der Waals surface area contributed by atoms with E-state index in [0.717, 1.165) is 11.1 Å². The molecule has 6 nitrogen and oxygen atoms in total. The van der Waals surface area contributed by atoms with Crippen molar-refractivity contribution >= 4 is 21.6 Å². The van der Waals surface area contributed by atoms with Gasteiger partial charge in [0.15, 0.2) is 0 Å². The largest absolute Gasteiger partial charge is 0.492 e. The number of anilines is 1. The lowest BCUT2D eigenvalue weighted by molar-refractivity contribution is -0.170. The van der Waals surface area contributed by atoms with Gasteiger partial charge in [-0.1, -0.05) is 6.07 Å². The van der Waals surface area contributed by atoms with Crippen LogP contribution in [-0.2, 0) is 21.2 Å². The second-order valence-corrected chi connectivity index (χ2v) is 9.35. The fourth-order valence-corrected chi connectivity index (χ4v) is 4.73. The minimum atomic E-state index is -5.00. The van der Waals surface area contributed by atoms with Gasteiger partial charge in [-0.2, -0.15) is 13.2 Å². The highest BCUT2D eigenvalue weighted by atomic mass is 32.2. The molecule has 0 bridgehead atoms. The Labute approximate surface area is 179 Å². The summed E-state index contributed by atoms with van der Waals surface area (Å²) in [6.07, 6.45) is -4.87. The zero-order chi connectivity index (χ0) is 23.0. The Balaban J connectivity index is 1.67. The molecule has 1 N–H and O–H groups in total. The second-order valence-electron chi connectivity index (χ2n) is 7.59. The van der Waals surface area contributed by atoms with E-state index in [4.69, 9.17) is 4.74 Å². The zero-order valence-corrected chi connectivity index (χ0v) is 18.1. The fourth-order valence-electron chi connectivity index (χ4n) is 3.67. The van der Waals surface area contributed by atoms with Crippen molar-refractivity contribution in [3.63, 3.8) is 0 Å². The minimum absolute atomic E-state index is 0.0154. The lowest BCUT2D eigenvalue weighted by Gasteiger charge is -2.23. The number of sulfonamides is 1. The molecule has 1 heterocycles. The van der Waals surface area contributed by atoms with E-state index in [9.17, 15) is 26.4 Å². The lowest BCUT2D eigenvalue weighted by Crippen LogP contribution is -2.44. The van der Waals surface area contributed by atoms with Gasteiger partial charge in [0, 0.05) is 18.3 Å². The van der Waals surface area contributed by atoms with Gasteiger partial charge in [0.2, 0.25) is 10.0 Å². The molecule has 1 atom stereocenters. The van der Waals surface area contributed by atoms with Crippen LogP contribution in [-0.4, -0.2) is 39.7 Å². The van der Waals surface area contributed by atoms with Gasteiger partial charge in [-0.25, -0.2) is 13.1 Å². The van der Waals surface area contributed by atoms with Crippen LogP contribution in [0.15, 0.2) is 41.3 Å². The maximum atomic E-state index is 12.9. The number of ether oxygens (including phenoxy) is 1. The van der Waals surface area contributed by atoms with Crippen molar-refractivity contribution in [2.75, 3.05) is 18.1 Å². The van der Waals surface area contributed by atoms with Crippen LogP contribution in [0.25, 0.3) is 0 Å². The van der Waals surface area contributed by atoms with E-state index in [1.54, 1.807) is 0 Å². The Morgan fingerprint density at radius 1 is 1.16 bits per heavy atom. The number of alkyl halides is 3. The third-order valence-electron chi connectivity index (χ3n) is 4.90. The van der Waals surface area contributed by atoms with Crippen LogP contribution >= 0.6 is 0 Å². The number of benzene rings is 2. The number of hydrogen-bond donors (Lipinski definition) is 1. The van der Waals surface area contributed by atoms with Gasteiger partial charge in [0.1, 0.15) is 12.4 Å². The summed E-state index contributed by atoms with van der Waals surface area (Å²) in [5.41, 5.74) is 2.51. The van der Waals surface area contributed by atoms with E-state index in [0.29, 0.717) is 16.2 Å². The molecule has 168 valence electrons. The summed E-state index contributed by atoms with van der Waals surface area (Å²) in [5.74, 6) is -1.33. The zero-order valence-electron chi connectivity index (χ0n) is 17.3.